The quantitative estimate of drug-likeness (QED) is 0.391. The first-order valence-electron chi connectivity index (χ1n) is 11.5. The fourth-order valence-electron chi connectivity index (χ4n) is 3.38. The number of aliphatic hydroxyl groups is 1. The van der Waals surface area contributed by atoms with Gasteiger partial charge in [-0.3, -0.25) is 5.43 Å². The molecule has 0 bridgehead atoms. The smallest absolute Gasteiger partial charge is 0.422 e. The number of hydrogen-bond acceptors (Lipinski definition) is 6. The van der Waals surface area contributed by atoms with E-state index < -0.39 is 36.0 Å². The van der Waals surface area contributed by atoms with E-state index in [0.29, 0.717) is 6.42 Å². The number of benzene rings is 2. The lowest BCUT2D eigenvalue weighted by molar-refractivity contribution is 0.0343. The Bertz CT molecular complexity index is 884. The van der Waals surface area contributed by atoms with Crippen molar-refractivity contribution in [2.75, 3.05) is 0 Å². The number of hydrogen-bond donors (Lipinski definition) is 4. The molecular weight excluding hydrogens is 434 g/mol. The zero-order valence-electron chi connectivity index (χ0n) is 20.6. The molecule has 0 aliphatic heterocycles. The second kappa shape index (κ2) is 13.0. The standard InChI is InChI=1S/C26H37N3O5/c1-18(2)22(28-29-25(32)34-26(3,4)5)23(30)21(16-19-12-8-6-9-13-19)27-24(31)33-17-20-14-10-7-11-15-20/h6-15,18,21-23,28,30H,16-17H2,1-5H3,(H,27,31)(H,29,32)/t21-,22?,23+/m0/s1. The molecule has 0 saturated heterocycles. The van der Waals surface area contributed by atoms with Crippen LogP contribution in [0.3, 0.4) is 0 Å². The van der Waals surface area contributed by atoms with Crippen molar-refractivity contribution in [2.24, 2.45) is 5.92 Å². The highest BCUT2D eigenvalue weighted by molar-refractivity contribution is 5.68. The van der Waals surface area contributed by atoms with E-state index in [2.05, 4.69) is 16.2 Å². The van der Waals surface area contributed by atoms with Gasteiger partial charge in [-0.05, 0) is 44.2 Å². The highest BCUT2D eigenvalue weighted by Gasteiger charge is 2.32. The summed E-state index contributed by atoms with van der Waals surface area (Å²) in [6.07, 6.45) is -1.95. The Kier molecular flexibility index (Phi) is 10.3. The van der Waals surface area contributed by atoms with Crippen molar-refractivity contribution in [3.05, 3.63) is 71.8 Å². The molecule has 8 heteroatoms. The Morgan fingerprint density at radius 3 is 2.00 bits per heavy atom. The molecule has 2 aromatic carbocycles. The van der Waals surface area contributed by atoms with Gasteiger partial charge in [0.25, 0.3) is 0 Å². The van der Waals surface area contributed by atoms with Crippen molar-refractivity contribution in [2.45, 2.75) is 71.4 Å². The molecular formula is C26H37N3O5. The van der Waals surface area contributed by atoms with Gasteiger partial charge in [-0.15, -0.1) is 0 Å². The van der Waals surface area contributed by atoms with Crippen LogP contribution in [0.25, 0.3) is 0 Å². The summed E-state index contributed by atoms with van der Waals surface area (Å²) in [7, 11) is 0. The first-order chi connectivity index (χ1) is 16.0. The summed E-state index contributed by atoms with van der Waals surface area (Å²) < 4.78 is 10.6. The molecule has 8 nitrogen and oxygen atoms in total. The van der Waals surface area contributed by atoms with E-state index in [4.69, 9.17) is 9.47 Å². The van der Waals surface area contributed by atoms with Crippen LogP contribution in [0.15, 0.2) is 60.7 Å². The fraction of sp³-hybridized carbons (Fsp3) is 0.462. The number of amides is 2. The summed E-state index contributed by atoms with van der Waals surface area (Å²) in [4.78, 5) is 24.7. The first kappa shape index (κ1) is 27.1. The van der Waals surface area contributed by atoms with Gasteiger partial charge in [-0.25, -0.2) is 15.0 Å². The van der Waals surface area contributed by atoms with E-state index in [-0.39, 0.29) is 12.5 Å². The number of nitrogens with one attached hydrogen (secondary N) is 3. The molecule has 0 aliphatic rings. The molecule has 0 saturated carbocycles. The number of carbonyl (C=O) groups excluding carboxylic acids is 2. The molecule has 186 valence electrons. The summed E-state index contributed by atoms with van der Waals surface area (Å²) in [5, 5.41) is 14.1. The van der Waals surface area contributed by atoms with E-state index >= 15 is 0 Å². The minimum absolute atomic E-state index is 0.0784. The van der Waals surface area contributed by atoms with Gasteiger partial charge in [0, 0.05) is 0 Å². The predicted octanol–water partition coefficient (Wildman–Crippen LogP) is 3.94. The number of rotatable bonds is 10. The number of hydrazine groups is 1. The Labute approximate surface area is 202 Å². The van der Waals surface area contributed by atoms with Gasteiger partial charge >= 0.3 is 12.2 Å². The van der Waals surface area contributed by atoms with Crippen molar-refractivity contribution in [3.8, 4) is 0 Å². The molecule has 1 unspecified atom stereocenters. The van der Waals surface area contributed by atoms with E-state index in [1.54, 1.807) is 20.8 Å². The number of aliphatic hydroxyl groups excluding tert-OH is 1. The maximum atomic E-state index is 12.6. The second-order valence-electron chi connectivity index (χ2n) is 9.53. The van der Waals surface area contributed by atoms with Crippen LogP contribution in [0.1, 0.15) is 45.7 Å². The first-order valence-corrected chi connectivity index (χ1v) is 11.5. The normalized spacial score (nSPS) is 14.1. The highest BCUT2D eigenvalue weighted by atomic mass is 16.6. The summed E-state index contributed by atoms with van der Waals surface area (Å²) >= 11 is 0. The topological polar surface area (TPSA) is 109 Å². The van der Waals surface area contributed by atoms with Crippen LogP contribution in [0.2, 0.25) is 0 Å². The van der Waals surface area contributed by atoms with Crippen LogP contribution in [0.4, 0.5) is 9.59 Å². The fourth-order valence-corrected chi connectivity index (χ4v) is 3.38. The lowest BCUT2D eigenvalue weighted by atomic mass is 9.90. The summed E-state index contributed by atoms with van der Waals surface area (Å²) in [5.41, 5.74) is 6.53. The molecule has 0 spiro atoms. The van der Waals surface area contributed by atoms with Crippen molar-refractivity contribution >= 4 is 12.2 Å². The minimum atomic E-state index is -1.04. The number of carbonyl (C=O) groups is 2. The van der Waals surface area contributed by atoms with Gasteiger partial charge in [0.2, 0.25) is 0 Å². The number of ether oxygens (including phenoxy) is 2. The molecule has 0 radical (unpaired) electrons. The van der Waals surface area contributed by atoms with E-state index in [0.717, 1.165) is 11.1 Å². The molecule has 2 amide bonds. The van der Waals surface area contributed by atoms with Crippen molar-refractivity contribution in [1.29, 1.82) is 0 Å². The van der Waals surface area contributed by atoms with Crippen molar-refractivity contribution in [3.63, 3.8) is 0 Å². The molecule has 0 heterocycles. The maximum absolute atomic E-state index is 12.6. The molecule has 0 aromatic heterocycles. The van der Waals surface area contributed by atoms with E-state index in [1.807, 2.05) is 74.5 Å². The van der Waals surface area contributed by atoms with Gasteiger partial charge in [0.1, 0.15) is 12.2 Å². The average molecular weight is 472 g/mol. The second-order valence-corrected chi connectivity index (χ2v) is 9.53. The summed E-state index contributed by atoms with van der Waals surface area (Å²) in [6, 6.07) is 17.7. The lowest BCUT2D eigenvalue weighted by Gasteiger charge is -2.33. The Morgan fingerprint density at radius 2 is 1.47 bits per heavy atom. The maximum Gasteiger partial charge on any atom is 0.422 e. The SMILES string of the molecule is CC(C)C(NNC(=O)OC(C)(C)C)[C@H](O)[C@H](Cc1ccccc1)NC(=O)OCc1ccccc1. The lowest BCUT2D eigenvalue weighted by Crippen LogP contribution is -2.59. The van der Waals surface area contributed by atoms with Crippen LogP contribution in [-0.4, -0.2) is 41.1 Å². The third kappa shape index (κ3) is 9.80. The van der Waals surface area contributed by atoms with Crippen LogP contribution >= 0.6 is 0 Å². The molecule has 4 N–H and O–H groups in total. The van der Waals surface area contributed by atoms with E-state index in [1.165, 1.54) is 0 Å². The van der Waals surface area contributed by atoms with Crippen molar-refractivity contribution in [1.82, 2.24) is 16.2 Å². The van der Waals surface area contributed by atoms with Gasteiger partial charge in [-0.1, -0.05) is 74.5 Å². The van der Waals surface area contributed by atoms with Crippen LogP contribution in [-0.2, 0) is 22.5 Å². The Balaban J connectivity index is 2.09. The van der Waals surface area contributed by atoms with Crippen LogP contribution in [0.5, 0.6) is 0 Å². The molecule has 0 aliphatic carbocycles. The molecule has 3 atom stereocenters. The van der Waals surface area contributed by atoms with Gasteiger partial charge in [0.15, 0.2) is 0 Å². The zero-order valence-corrected chi connectivity index (χ0v) is 20.6. The van der Waals surface area contributed by atoms with Gasteiger partial charge in [-0.2, -0.15) is 0 Å². The zero-order chi connectivity index (χ0) is 25.1. The third-order valence-corrected chi connectivity index (χ3v) is 5.05. The summed E-state index contributed by atoms with van der Waals surface area (Å²) in [5.74, 6) is -0.0784. The molecule has 0 fully saturated rings. The van der Waals surface area contributed by atoms with Crippen molar-refractivity contribution < 1.29 is 24.2 Å². The molecule has 34 heavy (non-hydrogen) atoms. The molecule has 2 aromatic rings. The van der Waals surface area contributed by atoms with Crippen LogP contribution < -0.4 is 16.2 Å². The Hall–Kier alpha value is -3.10. The van der Waals surface area contributed by atoms with Gasteiger partial charge in [0.05, 0.1) is 18.2 Å². The van der Waals surface area contributed by atoms with E-state index in [9.17, 15) is 14.7 Å². The largest absolute Gasteiger partial charge is 0.445 e. The number of alkyl carbamates (subject to hydrolysis) is 1. The highest BCUT2D eigenvalue weighted by Crippen LogP contribution is 2.15. The third-order valence-electron chi connectivity index (χ3n) is 5.05. The van der Waals surface area contributed by atoms with Gasteiger partial charge < -0.3 is 19.9 Å². The van der Waals surface area contributed by atoms with Crippen LogP contribution in [0, 0.1) is 5.92 Å². The minimum Gasteiger partial charge on any atom is -0.445 e. The molecule has 2 rings (SSSR count). The average Bonchev–Trinajstić information content (AvgIpc) is 2.77. The summed E-state index contributed by atoms with van der Waals surface area (Å²) in [6.45, 7) is 9.23. The predicted molar refractivity (Wildman–Crippen MR) is 131 cm³/mol. The monoisotopic (exact) mass is 471 g/mol. The Morgan fingerprint density at radius 1 is 0.912 bits per heavy atom.